The molecule has 0 rings (SSSR count). The van der Waals surface area contributed by atoms with E-state index in [1.165, 1.54) is 0 Å². The Morgan fingerprint density at radius 1 is 2.00 bits per heavy atom. The molecule has 0 fully saturated rings. The van der Waals surface area contributed by atoms with Crippen molar-refractivity contribution < 1.29 is 9.90 Å². The van der Waals surface area contributed by atoms with Crippen LogP contribution < -0.4 is 0 Å². The average molecular weight is 235 g/mol. The molecule has 7 heavy (non-hydrogen) atoms. The van der Waals surface area contributed by atoms with Crippen LogP contribution in [0.4, 0.5) is 0 Å². The minimum Gasteiger partial charge on any atom is -0.480 e. The van der Waals surface area contributed by atoms with E-state index in [-0.39, 0.29) is 6.54 Å². The van der Waals surface area contributed by atoms with Gasteiger partial charge in [-0.25, -0.2) is 0 Å². The Balaban J connectivity index is 3.13. The van der Waals surface area contributed by atoms with Gasteiger partial charge in [0.25, 0.3) is 0 Å². The van der Waals surface area contributed by atoms with Crippen molar-refractivity contribution in [3.8, 4) is 0 Å². The van der Waals surface area contributed by atoms with Gasteiger partial charge in [-0.3, -0.25) is 4.79 Å². The van der Waals surface area contributed by atoms with Crippen molar-refractivity contribution in [1.29, 1.82) is 0 Å². The lowest BCUT2D eigenvalue weighted by atomic mass is 10.7. The molecule has 0 aromatic heterocycles. The third kappa shape index (κ3) is 6.45. The van der Waals surface area contributed by atoms with Crippen LogP contribution in [0.5, 0.6) is 0 Å². The molecule has 0 aromatic carbocycles. The molecule has 0 aliphatic carbocycles. The van der Waals surface area contributed by atoms with Gasteiger partial charge in [-0.1, -0.05) is 0 Å². The lowest BCUT2D eigenvalue weighted by Gasteiger charge is -1.94. The van der Waals surface area contributed by atoms with Crippen LogP contribution in [0.2, 0.25) is 0 Å². The molecule has 0 heterocycles. The monoisotopic (exact) mass is 235 g/mol. The van der Waals surface area contributed by atoms with Gasteiger partial charge in [-0.15, -0.1) is 2.63 Å². The normalized spacial score (nSPS) is 9.57. The van der Waals surface area contributed by atoms with Gasteiger partial charge in [-0.2, -0.15) is 0 Å². The highest BCUT2D eigenvalue weighted by atomic mass is 127. The minimum atomic E-state index is -0.926. The Labute approximate surface area is 59.9 Å². The molecule has 5 heteroatoms. The highest BCUT2D eigenvalue weighted by Crippen LogP contribution is 1.99. The first-order valence-electron chi connectivity index (χ1n) is 1.44. The maximum Gasteiger partial charge on any atom is 0.319 e. The van der Waals surface area contributed by atoms with E-state index in [0.717, 1.165) is 2.63 Å². The van der Waals surface area contributed by atoms with Crippen LogP contribution in [0.1, 0.15) is 0 Å². The summed E-state index contributed by atoms with van der Waals surface area (Å²) in [5, 5.41) is 7.95. The largest absolute Gasteiger partial charge is 0.480 e. The summed E-state index contributed by atoms with van der Waals surface area (Å²) in [5.41, 5.74) is 0. The quantitative estimate of drug-likeness (QED) is 0.570. The highest BCUT2D eigenvalue weighted by Gasteiger charge is 1.99. The van der Waals surface area contributed by atoms with E-state index >= 15 is 0 Å². The van der Waals surface area contributed by atoms with Crippen LogP contribution in [0, 0.1) is 0 Å². The van der Waals surface area contributed by atoms with Crippen molar-refractivity contribution in [3.05, 3.63) is 0 Å². The standard InChI is InChI=1S/C2H3ClINO2/c3-5(4)1-2(6)7/h1H2,(H,6,7). The Kier molecular flexibility index (Phi) is 3.67. The molecule has 0 unspecified atom stereocenters. The summed E-state index contributed by atoms with van der Waals surface area (Å²) in [4.78, 5) is 9.68. The molecule has 0 atom stereocenters. The number of carboxylic acid groups (broad SMARTS) is 1. The second-order valence-corrected chi connectivity index (χ2v) is 3.00. The molecule has 0 bridgehead atoms. The van der Waals surface area contributed by atoms with E-state index in [1.807, 2.05) is 0 Å². The van der Waals surface area contributed by atoms with Gasteiger partial charge in [0.2, 0.25) is 0 Å². The number of rotatable bonds is 2. The minimum absolute atomic E-state index is 0.137. The van der Waals surface area contributed by atoms with Gasteiger partial charge in [-0.05, 0) is 11.8 Å². The summed E-state index contributed by atoms with van der Waals surface area (Å²) >= 11 is 6.79. The molecule has 1 N–H and O–H groups in total. The van der Waals surface area contributed by atoms with Crippen LogP contribution in [0.15, 0.2) is 0 Å². The van der Waals surface area contributed by atoms with Crippen molar-refractivity contribution in [3.63, 3.8) is 0 Å². The fourth-order valence-electron chi connectivity index (χ4n) is 0.102. The predicted molar refractivity (Wildman–Crippen MR) is 34.2 cm³/mol. The SMILES string of the molecule is O=C(O)CN(Cl)I. The van der Waals surface area contributed by atoms with Crippen LogP contribution in [-0.4, -0.2) is 20.3 Å². The molecule has 0 saturated heterocycles. The van der Waals surface area contributed by atoms with Crippen LogP contribution in [0.25, 0.3) is 0 Å². The molecular weight excluding hydrogens is 232 g/mol. The lowest BCUT2D eigenvalue weighted by molar-refractivity contribution is -0.136. The van der Waals surface area contributed by atoms with Crippen LogP contribution in [0.3, 0.4) is 0 Å². The second-order valence-electron chi connectivity index (χ2n) is 0.855. The predicted octanol–water partition coefficient (Wildman–Crippen LogP) is 0.877. The molecule has 0 aliphatic heterocycles. The van der Waals surface area contributed by atoms with Gasteiger partial charge >= 0.3 is 5.97 Å². The molecule has 0 aromatic rings. The second kappa shape index (κ2) is 3.45. The lowest BCUT2D eigenvalue weighted by Crippen LogP contribution is -2.10. The Morgan fingerprint density at radius 2 is 2.43 bits per heavy atom. The zero-order chi connectivity index (χ0) is 5.86. The summed E-state index contributed by atoms with van der Waals surface area (Å²) in [6, 6.07) is 0. The first kappa shape index (κ1) is 7.45. The van der Waals surface area contributed by atoms with Crippen molar-refractivity contribution >= 4 is 40.6 Å². The first-order chi connectivity index (χ1) is 3.13. The topological polar surface area (TPSA) is 40.5 Å². The fraction of sp³-hybridized carbons (Fsp3) is 0.500. The average Bonchev–Trinajstić information content (AvgIpc) is 1.27. The number of aliphatic carboxylic acids is 1. The van der Waals surface area contributed by atoms with Crippen molar-refractivity contribution in [1.82, 2.24) is 2.63 Å². The molecule has 0 saturated carbocycles. The molecule has 0 spiro atoms. The summed E-state index contributed by atoms with van der Waals surface area (Å²) in [6.07, 6.45) is 0. The highest BCUT2D eigenvalue weighted by molar-refractivity contribution is 14.1. The zero-order valence-corrected chi connectivity index (χ0v) is 6.18. The van der Waals surface area contributed by atoms with Gasteiger partial charge in [0.1, 0.15) is 6.54 Å². The summed E-state index contributed by atoms with van der Waals surface area (Å²) in [5.74, 6) is -0.926. The summed E-state index contributed by atoms with van der Waals surface area (Å²) < 4.78 is 1.04. The van der Waals surface area contributed by atoms with E-state index in [2.05, 4.69) is 0 Å². The number of hydrogen-bond acceptors (Lipinski definition) is 2. The van der Waals surface area contributed by atoms with Crippen LogP contribution in [-0.2, 0) is 4.79 Å². The Bertz CT molecular complexity index is 76.1. The van der Waals surface area contributed by atoms with E-state index in [1.54, 1.807) is 22.9 Å². The molecule has 42 valence electrons. The van der Waals surface area contributed by atoms with Crippen molar-refractivity contribution in [2.24, 2.45) is 0 Å². The number of halogens is 2. The van der Waals surface area contributed by atoms with Crippen molar-refractivity contribution in [2.75, 3.05) is 6.54 Å². The third-order valence-corrected chi connectivity index (χ3v) is 0.715. The van der Waals surface area contributed by atoms with E-state index in [4.69, 9.17) is 16.9 Å². The zero-order valence-electron chi connectivity index (χ0n) is 3.27. The van der Waals surface area contributed by atoms with E-state index < -0.39 is 5.97 Å². The molecule has 0 amide bonds. The smallest absolute Gasteiger partial charge is 0.319 e. The van der Waals surface area contributed by atoms with Gasteiger partial charge < -0.3 is 5.11 Å². The maximum atomic E-state index is 9.68. The number of carboxylic acids is 1. The van der Waals surface area contributed by atoms with Crippen LogP contribution >= 0.6 is 34.6 Å². The van der Waals surface area contributed by atoms with Gasteiger partial charge in [0.15, 0.2) is 0 Å². The number of nitrogens with zero attached hydrogens (tertiary/aromatic N) is 1. The van der Waals surface area contributed by atoms with E-state index in [9.17, 15) is 4.79 Å². The number of carbonyl (C=O) groups is 1. The molecule has 0 aliphatic rings. The van der Waals surface area contributed by atoms with E-state index in [0.29, 0.717) is 0 Å². The first-order valence-corrected chi connectivity index (χ1v) is 2.74. The van der Waals surface area contributed by atoms with Gasteiger partial charge in [0.05, 0.1) is 0 Å². The van der Waals surface area contributed by atoms with Crippen molar-refractivity contribution in [2.45, 2.75) is 0 Å². The summed E-state index contributed by atoms with van der Waals surface area (Å²) in [7, 11) is 0. The molecule has 0 radical (unpaired) electrons. The summed E-state index contributed by atoms with van der Waals surface area (Å²) in [6.45, 7) is -0.137. The maximum absolute atomic E-state index is 9.68. The number of hydrogen-bond donors (Lipinski definition) is 1. The third-order valence-electron chi connectivity index (χ3n) is 0.255. The Morgan fingerprint density at radius 3 is 2.43 bits per heavy atom. The fourth-order valence-corrected chi connectivity index (χ4v) is 0.496. The van der Waals surface area contributed by atoms with Gasteiger partial charge in [0, 0.05) is 22.9 Å². The molecule has 3 nitrogen and oxygen atoms in total. The molecular formula is C2H3ClINO2. The Hall–Kier alpha value is 0.450.